The molecule has 1 aliphatic rings. The molecule has 1 N–H and O–H groups in total. The van der Waals surface area contributed by atoms with Crippen LogP contribution in [0.25, 0.3) is 10.6 Å². The maximum Gasteiger partial charge on any atom is 0.273 e. The maximum atomic E-state index is 13.8. The van der Waals surface area contributed by atoms with Gasteiger partial charge in [0.2, 0.25) is 0 Å². The Morgan fingerprint density at radius 3 is 2.64 bits per heavy atom. The number of halogens is 3. The largest absolute Gasteiger partial charge is 0.337 e. The van der Waals surface area contributed by atoms with Gasteiger partial charge < -0.3 is 10.2 Å². The standard InChI is InChI=1S/C17H20FN3OS.2ClH/c1-19-10-12-6-8-21(9-7-12)17(22)15-11-23-16(20-15)13-4-2-3-5-14(13)18;;/h2-5,11-12,19H,6-10H2,1H3;2*1H. The summed E-state index contributed by atoms with van der Waals surface area (Å²) in [7, 11) is 1.96. The predicted molar refractivity (Wildman–Crippen MR) is 105 cm³/mol. The second kappa shape index (κ2) is 10.1. The Morgan fingerprint density at radius 2 is 2.00 bits per heavy atom. The second-order valence-corrected chi connectivity index (χ2v) is 6.67. The maximum absolute atomic E-state index is 13.8. The molecule has 3 rings (SSSR count). The van der Waals surface area contributed by atoms with Crippen molar-refractivity contribution in [3.8, 4) is 10.6 Å². The SMILES string of the molecule is CNCC1CCN(C(=O)c2csc(-c3ccccc3F)n2)CC1.Cl.Cl. The number of amides is 1. The van der Waals surface area contributed by atoms with E-state index in [1.54, 1.807) is 23.6 Å². The molecule has 1 aromatic heterocycles. The van der Waals surface area contributed by atoms with Crippen LogP contribution in [0.5, 0.6) is 0 Å². The minimum Gasteiger partial charge on any atom is -0.337 e. The molecular weight excluding hydrogens is 384 g/mol. The van der Waals surface area contributed by atoms with E-state index in [2.05, 4.69) is 10.3 Å². The van der Waals surface area contributed by atoms with E-state index in [9.17, 15) is 9.18 Å². The van der Waals surface area contributed by atoms with Crippen molar-refractivity contribution in [3.63, 3.8) is 0 Å². The summed E-state index contributed by atoms with van der Waals surface area (Å²) in [6, 6.07) is 6.51. The molecule has 2 aromatic rings. The normalized spacial score (nSPS) is 14.6. The van der Waals surface area contributed by atoms with Gasteiger partial charge in [0.1, 0.15) is 16.5 Å². The number of likely N-dealkylation sites (tertiary alicyclic amines) is 1. The highest BCUT2D eigenvalue weighted by molar-refractivity contribution is 7.13. The lowest BCUT2D eigenvalue weighted by atomic mass is 9.97. The molecular formula is C17H22Cl2FN3OS. The van der Waals surface area contributed by atoms with E-state index >= 15 is 0 Å². The number of benzene rings is 1. The molecule has 0 radical (unpaired) electrons. The summed E-state index contributed by atoms with van der Waals surface area (Å²) < 4.78 is 13.8. The third kappa shape index (κ3) is 5.14. The minimum absolute atomic E-state index is 0. The molecule has 0 bridgehead atoms. The topological polar surface area (TPSA) is 45.2 Å². The highest BCUT2D eigenvalue weighted by atomic mass is 35.5. The summed E-state index contributed by atoms with van der Waals surface area (Å²) in [6.45, 7) is 2.52. The van der Waals surface area contributed by atoms with Crippen molar-refractivity contribution in [2.24, 2.45) is 5.92 Å². The lowest BCUT2D eigenvalue weighted by Crippen LogP contribution is -2.40. The molecule has 1 aliphatic heterocycles. The fraction of sp³-hybridized carbons (Fsp3) is 0.412. The molecule has 0 saturated carbocycles. The molecule has 25 heavy (non-hydrogen) atoms. The van der Waals surface area contributed by atoms with Crippen LogP contribution in [-0.4, -0.2) is 42.5 Å². The molecule has 138 valence electrons. The van der Waals surface area contributed by atoms with Crippen molar-refractivity contribution in [2.45, 2.75) is 12.8 Å². The monoisotopic (exact) mass is 405 g/mol. The van der Waals surface area contributed by atoms with Gasteiger partial charge in [0.05, 0.1) is 0 Å². The van der Waals surface area contributed by atoms with Crippen LogP contribution in [0.2, 0.25) is 0 Å². The van der Waals surface area contributed by atoms with Crippen LogP contribution in [0.3, 0.4) is 0 Å². The van der Waals surface area contributed by atoms with Gasteiger partial charge in [-0.1, -0.05) is 12.1 Å². The summed E-state index contributed by atoms with van der Waals surface area (Å²) in [4.78, 5) is 18.8. The van der Waals surface area contributed by atoms with Crippen LogP contribution in [0.15, 0.2) is 29.6 Å². The number of hydrogen-bond donors (Lipinski definition) is 1. The second-order valence-electron chi connectivity index (χ2n) is 5.81. The molecule has 1 fully saturated rings. The quantitative estimate of drug-likeness (QED) is 0.839. The number of nitrogens with zero attached hydrogens (tertiary/aromatic N) is 2. The summed E-state index contributed by atoms with van der Waals surface area (Å²) in [6.07, 6.45) is 2.02. The lowest BCUT2D eigenvalue weighted by molar-refractivity contribution is 0.0686. The Balaban J connectivity index is 0.00000156. The van der Waals surface area contributed by atoms with Crippen molar-refractivity contribution in [1.82, 2.24) is 15.2 Å². The summed E-state index contributed by atoms with van der Waals surface area (Å²) in [5.74, 6) is 0.272. The van der Waals surface area contributed by atoms with E-state index in [0.29, 0.717) is 22.2 Å². The number of rotatable bonds is 4. The average Bonchev–Trinajstić information content (AvgIpc) is 3.05. The first-order valence-electron chi connectivity index (χ1n) is 7.83. The van der Waals surface area contributed by atoms with Crippen molar-refractivity contribution in [1.29, 1.82) is 0 Å². The third-order valence-corrected chi connectivity index (χ3v) is 5.10. The first-order valence-corrected chi connectivity index (χ1v) is 8.71. The molecule has 0 aliphatic carbocycles. The summed E-state index contributed by atoms with van der Waals surface area (Å²) in [5.41, 5.74) is 0.865. The zero-order valence-corrected chi connectivity index (χ0v) is 16.4. The zero-order chi connectivity index (χ0) is 16.2. The Labute approximate surface area is 163 Å². The average molecular weight is 406 g/mol. The van der Waals surface area contributed by atoms with Gasteiger partial charge >= 0.3 is 0 Å². The number of aromatic nitrogens is 1. The zero-order valence-electron chi connectivity index (χ0n) is 13.9. The van der Waals surface area contributed by atoms with Gasteiger partial charge in [-0.05, 0) is 44.5 Å². The van der Waals surface area contributed by atoms with Crippen molar-refractivity contribution in [3.05, 3.63) is 41.2 Å². The van der Waals surface area contributed by atoms with Gasteiger partial charge in [0.15, 0.2) is 0 Å². The number of carbonyl (C=O) groups excluding carboxylic acids is 1. The summed E-state index contributed by atoms with van der Waals surface area (Å²) >= 11 is 1.31. The first kappa shape index (κ1) is 21.8. The first-order chi connectivity index (χ1) is 11.2. The smallest absolute Gasteiger partial charge is 0.273 e. The van der Waals surface area contributed by atoms with Crippen LogP contribution in [0, 0.1) is 11.7 Å². The van der Waals surface area contributed by atoms with E-state index in [-0.39, 0.29) is 36.5 Å². The van der Waals surface area contributed by atoms with Crippen molar-refractivity contribution in [2.75, 3.05) is 26.7 Å². The van der Waals surface area contributed by atoms with Crippen LogP contribution >= 0.6 is 36.2 Å². The molecule has 2 heterocycles. The van der Waals surface area contributed by atoms with E-state index in [4.69, 9.17) is 0 Å². The van der Waals surface area contributed by atoms with Crippen LogP contribution in [0.4, 0.5) is 4.39 Å². The van der Waals surface area contributed by atoms with Crippen molar-refractivity contribution >= 4 is 42.1 Å². The fourth-order valence-corrected chi connectivity index (χ4v) is 3.74. The van der Waals surface area contributed by atoms with Gasteiger partial charge in [0, 0.05) is 24.0 Å². The number of piperidine rings is 1. The molecule has 4 nitrogen and oxygen atoms in total. The van der Waals surface area contributed by atoms with Crippen LogP contribution in [0.1, 0.15) is 23.3 Å². The molecule has 8 heteroatoms. The van der Waals surface area contributed by atoms with E-state index in [1.165, 1.54) is 17.4 Å². The fourth-order valence-electron chi connectivity index (χ4n) is 2.92. The van der Waals surface area contributed by atoms with Gasteiger partial charge in [-0.3, -0.25) is 4.79 Å². The van der Waals surface area contributed by atoms with Gasteiger partial charge in [0.25, 0.3) is 5.91 Å². The highest BCUT2D eigenvalue weighted by Gasteiger charge is 2.25. The Morgan fingerprint density at radius 1 is 1.32 bits per heavy atom. The molecule has 0 spiro atoms. The molecule has 1 saturated heterocycles. The predicted octanol–water partition coefficient (Wildman–Crippen LogP) is 3.86. The number of hydrogen-bond acceptors (Lipinski definition) is 4. The van der Waals surface area contributed by atoms with E-state index in [0.717, 1.165) is 32.5 Å². The molecule has 0 atom stereocenters. The highest BCUT2D eigenvalue weighted by Crippen LogP contribution is 2.27. The van der Waals surface area contributed by atoms with Crippen LogP contribution < -0.4 is 5.32 Å². The molecule has 1 aromatic carbocycles. The molecule has 1 amide bonds. The number of carbonyl (C=O) groups is 1. The van der Waals surface area contributed by atoms with Gasteiger partial charge in [-0.25, -0.2) is 9.37 Å². The Bertz CT molecular complexity index is 690. The summed E-state index contributed by atoms with van der Waals surface area (Å²) in [5, 5.41) is 5.47. The lowest BCUT2D eigenvalue weighted by Gasteiger charge is -2.31. The van der Waals surface area contributed by atoms with Gasteiger partial charge in [-0.15, -0.1) is 36.2 Å². The van der Waals surface area contributed by atoms with Crippen molar-refractivity contribution < 1.29 is 9.18 Å². The minimum atomic E-state index is -0.311. The molecule has 0 unspecified atom stereocenters. The van der Waals surface area contributed by atoms with Crippen LogP contribution in [-0.2, 0) is 0 Å². The van der Waals surface area contributed by atoms with E-state index in [1.807, 2.05) is 11.9 Å². The van der Waals surface area contributed by atoms with E-state index < -0.39 is 0 Å². The number of thiazole rings is 1. The Hall–Kier alpha value is -1.21. The number of nitrogens with one attached hydrogen (secondary N) is 1. The third-order valence-electron chi connectivity index (χ3n) is 4.22. The Kier molecular flexibility index (Phi) is 8.79. The van der Waals surface area contributed by atoms with Gasteiger partial charge in [-0.2, -0.15) is 0 Å².